The van der Waals surface area contributed by atoms with Crippen LogP contribution in [0.4, 0.5) is 20.6 Å². The minimum Gasteiger partial charge on any atom is -0.382 e. The van der Waals surface area contributed by atoms with E-state index in [4.69, 9.17) is 10.3 Å². The van der Waals surface area contributed by atoms with Crippen molar-refractivity contribution in [3.8, 4) is 0 Å². The number of aromatic nitrogens is 4. The second kappa shape index (κ2) is 5.42. The van der Waals surface area contributed by atoms with Gasteiger partial charge in [-0.25, -0.2) is 8.78 Å². The zero-order valence-electron chi connectivity index (χ0n) is 13.5. The van der Waals surface area contributed by atoms with E-state index in [-0.39, 0.29) is 24.8 Å². The van der Waals surface area contributed by atoms with Crippen LogP contribution in [-0.2, 0) is 6.54 Å². The Morgan fingerprint density at radius 1 is 1.29 bits per heavy atom. The molecule has 0 saturated heterocycles. The van der Waals surface area contributed by atoms with Crippen LogP contribution in [0, 0.1) is 0 Å². The first kappa shape index (κ1) is 15.3. The standard InChI is InChI=1S/C15H20F2N6O/c1-9-11-8-12(18)20-23(11)7-6-22(9)14-19-13(21-24-14)10-2-4-15(16,17)5-3-10/h8-10H,2-7H2,1H3,(H2,18,20). The smallest absolute Gasteiger partial charge is 0.324 e. The summed E-state index contributed by atoms with van der Waals surface area (Å²) in [5, 5.41) is 8.29. The summed E-state index contributed by atoms with van der Waals surface area (Å²) in [7, 11) is 0. The van der Waals surface area contributed by atoms with Crippen LogP contribution >= 0.6 is 0 Å². The highest BCUT2D eigenvalue weighted by Crippen LogP contribution is 2.40. The van der Waals surface area contributed by atoms with Crippen LogP contribution in [0.15, 0.2) is 10.6 Å². The molecule has 4 rings (SSSR count). The topological polar surface area (TPSA) is 86.0 Å². The van der Waals surface area contributed by atoms with Crippen molar-refractivity contribution in [2.75, 3.05) is 17.2 Å². The third-order valence-corrected chi connectivity index (χ3v) is 5.04. The number of hydrogen-bond donors (Lipinski definition) is 1. The van der Waals surface area contributed by atoms with Gasteiger partial charge in [-0.1, -0.05) is 5.16 Å². The van der Waals surface area contributed by atoms with Gasteiger partial charge < -0.3 is 15.2 Å². The minimum absolute atomic E-state index is 0.00698. The van der Waals surface area contributed by atoms with Crippen molar-refractivity contribution >= 4 is 11.8 Å². The molecule has 1 aliphatic carbocycles. The van der Waals surface area contributed by atoms with Gasteiger partial charge in [-0.2, -0.15) is 10.1 Å². The summed E-state index contributed by atoms with van der Waals surface area (Å²) < 4.78 is 33.9. The maximum Gasteiger partial charge on any atom is 0.324 e. The van der Waals surface area contributed by atoms with Crippen LogP contribution in [0.1, 0.15) is 56.1 Å². The normalized spacial score (nSPS) is 24.1. The van der Waals surface area contributed by atoms with E-state index >= 15 is 0 Å². The Kier molecular flexibility index (Phi) is 3.47. The van der Waals surface area contributed by atoms with E-state index < -0.39 is 5.92 Å². The van der Waals surface area contributed by atoms with Gasteiger partial charge in [-0.05, 0) is 19.8 Å². The molecular weight excluding hydrogens is 318 g/mol. The zero-order chi connectivity index (χ0) is 16.9. The summed E-state index contributed by atoms with van der Waals surface area (Å²) in [5.41, 5.74) is 6.76. The third-order valence-electron chi connectivity index (χ3n) is 5.04. The highest BCUT2D eigenvalue weighted by Gasteiger charge is 2.37. The van der Waals surface area contributed by atoms with Crippen LogP contribution in [0.5, 0.6) is 0 Å². The van der Waals surface area contributed by atoms with Crippen LogP contribution in [-0.4, -0.2) is 32.4 Å². The van der Waals surface area contributed by atoms with Crippen LogP contribution in [0.3, 0.4) is 0 Å². The van der Waals surface area contributed by atoms with Gasteiger partial charge in [0.15, 0.2) is 5.82 Å². The predicted molar refractivity (Wildman–Crippen MR) is 82.9 cm³/mol. The van der Waals surface area contributed by atoms with E-state index in [0.29, 0.717) is 43.6 Å². The molecule has 1 atom stereocenters. The SMILES string of the molecule is CC1c2cc(N)nn2CCN1c1nc(C2CCC(F)(F)CC2)no1. The second-order valence-electron chi connectivity index (χ2n) is 6.65. The molecule has 9 heteroatoms. The number of alkyl halides is 2. The Labute approximate surface area is 137 Å². The number of rotatable bonds is 2. The molecular formula is C15H20F2N6O. The Balaban J connectivity index is 1.51. The number of nitrogen functional groups attached to an aromatic ring is 1. The molecule has 0 aromatic carbocycles. The fourth-order valence-corrected chi connectivity index (χ4v) is 3.59. The predicted octanol–water partition coefficient (Wildman–Crippen LogP) is 2.72. The molecule has 3 heterocycles. The Morgan fingerprint density at radius 3 is 2.79 bits per heavy atom. The number of halogens is 2. The lowest BCUT2D eigenvalue weighted by Gasteiger charge is -2.32. The van der Waals surface area contributed by atoms with Crippen molar-refractivity contribution < 1.29 is 13.3 Å². The van der Waals surface area contributed by atoms with Gasteiger partial charge in [0, 0.05) is 31.4 Å². The van der Waals surface area contributed by atoms with E-state index in [2.05, 4.69) is 15.2 Å². The van der Waals surface area contributed by atoms with Crippen molar-refractivity contribution in [3.63, 3.8) is 0 Å². The molecule has 1 fully saturated rings. The first-order valence-electron chi connectivity index (χ1n) is 8.24. The van der Waals surface area contributed by atoms with E-state index in [0.717, 1.165) is 5.69 Å². The van der Waals surface area contributed by atoms with Crippen molar-refractivity contribution in [1.29, 1.82) is 0 Å². The van der Waals surface area contributed by atoms with Gasteiger partial charge in [0.1, 0.15) is 5.82 Å². The summed E-state index contributed by atoms with van der Waals surface area (Å²) >= 11 is 0. The number of fused-ring (bicyclic) bond motifs is 1. The molecule has 0 amide bonds. The molecule has 7 nitrogen and oxygen atoms in total. The van der Waals surface area contributed by atoms with E-state index in [9.17, 15) is 8.78 Å². The molecule has 2 aromatic rings. The molecule has 2 aromatic heterocycles. The van der Waals surface area contributed by atoms with Crippen molar-refractivity contribution in [2.45, 2.75) is 57.0 Å². The molecule has 1 saturated carbocycles. The zero-order valence-corrected chi connectivity index (χ0v) is 13.5. The maximum absolute atomic E-state index is 13.3. The molecule has 0 spiro atoms. The van der Waals surface area contributed by atoms with Crippen molar-refractivity contribution in [2.24, 2.45) is 0 Å². The lowest BCUT2D eigenvalue weighted by Crippen LogP contribution is -2.37. The average molecular weight is 338 g/mol. The lowest BCUT2D eigenvalue weighted by molar-refractivity contribution is -0.0389. The molecule has 24 heavy (non-hydrogen) atoms. The van der Waals surface area contributed by atoms with Crippen LogP contribution in [0.25, 0.3) is 0 Å². The Hall–Kier alpha value is -2.19. The summed E-state index contributed by atoms with van der Waals surface area (Å²) in [6.45, 7) is 3.39. The van der Waals surface area contributed by atoms with Gasteiger partial charge in [0.2, 0.25) is 5.92 Å². The maximum atomic E-state index is 13.3. The molecule has 0 bridgehead atoms. The summed E-state index contributed by atoms with van der Waals surface area (Å²) in [6.07, 6.45) is 0.565. The Bertz CT molecular complexity index is 732. The van der Waals surface area contributed by atoms with Gasteiger partial charge >= 0.3 is 6.01 Å². The van der Waals surface area contributed by atoms with E-state index in [1.54, 1.807) is 0 Å². The molecule has 1 aliphatic heterocycles. The van der Waals surface area contributed by atoms with Gasteiger partial charge in [-0.15, -0.1) is 0 Å². The number of hydrogen-bond acceptors (Lipinski definition) is 6. The summed E-state index contributed by atoms with van der Waals surface area (Å²) in [5.74, 6) is -1.58. The molecule has 130 valence electrons. The summed E-state index contributed by atoms with van der Waals surface area (Å²) in [6, 6.07) is 2.28. The molecule has 2 N–H and O–H groups in total. The minimum atomic E-state index is -2.55. The quantitative estimate of drug-likeness (QED) is 0.906. The highest BCUT2D eigenvalue weighted by molar-refractivity contribution is 5.38. The second-order valence-corrected chi connectivity index (χ2v) is 6.65. The van der Waals surface area contributed by atoms with Crippen LogP contribution < -0.4 is 10.6 Å². The first-order valence-corrected chi connectivity index (χ1v) is 8.24. The number of anilines is 2. The van der Waals surface area contributed by atoms with Gasteiger partial charge in [-0.3, -0.25) is 4.68 Å². The fourth-order valence-electron chi connectivity index (χ4n) is 3.59. The van der Waals surface area contributed by atoms with Crippen LogP contribution in [0.2, 0.25) is 0 Å². The lowest BCUT2D eigenvalue weighted by atomic mass is 9.86. The molecule has 2 aliphatic rings. The monoisotopic (exact) mass is 338 g/mol. The summed E-state index contributed by atoms with van der Waals surface area (Å²) in [4.78, 5) is 6.48. The largest absolute Gasteiger partial charge is 0.382 e. The fraction of sp³-hybridized carbons (Fsp3) is 0.667. The number of nitrogens with zero attached hydrogens (tertiary/aromatic N) is 5. The van der Waals surface area contributed by atoms with Crippen molar-refractivity contribution in [3.05, 3.63) is 17.6 Å². The van der Waals surface area contributed by atoms with E-state index in [1.165, 1.54) is 0 Å². The first-order chi connectivity index (χ1) is 11.4. The molecule has 1 unspecified atom stereocenters. The van der Waals surface area contributed by atoms with Gasteiger partial charge in [0.05, 0.1) is 18.3 Å². The van der Waals surface area contributed by atoms with Gasteiger partial charge in [0.25, 0.3) is 0 Å². The Morgan fingerprint density at radius 2 is 2.04 bits per heavy atom. The van der Waals surface area contributed by atoms with Crippen molar-refractivity contribution in [1.82, 2.24) is 19.9 Å². The molecule has 0 radical (unpaired) electrons. The average Bonchev–Trinajstić information content (AvgIpc) is 3.14. The third kappa shape index (κ3) is 2.61. The highest BCUT2D eigenvalue weighted by atomic mass is 19.3. The van der Waals surface area contributed by atoms with E-state index in [1.807, 2.05) is 22.6 Å². The number of nitrogens with two attached hydrogens (primary N) is 1.